The Morgan fingerprint density at radius 3 is 1.37 bits per heavy atom. The molecule has 92 heavy (non-hydrogen) atoms. The van der Waals surface area contributed by atoms with E-state index in [1.165, 1.54) is 99.4 Å². The minimum absolute atomic E-state index is 0.747. The van der Waals surface area contributed by atoms with Gasteiger partial charge in [0.1, 0.15) is 23.0 Å². The van der Waals surface area contributed by atoms with E-state index in [9.17, 15) is 0 Å². The minimum Gasteiger partial charge on any atom is -0.456 e. The third-order valence-corrected chi connectivity index (χ3v) is 20.8. The van der Waals surface area contributed by atoms with Gasteiger partial charge in [0.15, 0.2) is 0 Å². The molecule has 0 N–H and O–H groups in total. The fourth-order valence-corrected chi connectivity index (χ4v) is 17.1. The maximum atomic E-state index is 6.90. The molecule has 0 aromatic heterocycles. The first-order valence-electron chi connectivity index (χ1n) is 32.0. The van der Waals surface area contributed by atoms with Crippen LogP contribution in [0.1, 0.15) is 44.5 Å². The van der Waals surface area contributed by atoms with E-state index in [0.29, 0.717) is 0 Å². The Hall–Kier alpha value is -11.8. The molecule has 0 fully saturated rings. The minimum atomic E-state index is -0.779. The van der Waals surface area contributed by atoms with Crippen molar-refractivity contribution in [1.82, 2.24) is 0 Å². The lowest BCUT2D eigenvalue weighted by Crippen LogP contribution is -2.30. The molecular weight excluding hydrogens is 1110 g/mol. The number of ether oxygens (including phenoxy) is 2. The van der Waals surface area contributed by atoms with E-state index in [-0.39, 0.29) is 0 Å². The summed E-state index contributed by atoms with van der Waals surface area (Å²) in [5.74, 6) is 3.43. The highest BCUT2D eigenvalue weighted by atomic mass is 16.5. The zero-order valence-corrected chi connectivity index (χ0v) is 50.0. The van der Waals surface area contributed by atoms with Gasteiger partial charge in [-0.15, -0.1) is 0 Å². The quantitative estimate of drug-likeness (QED) is 0.158. The molecule has 426 valence electrons. The van der Waals surface area contributed by atoms with Crippen molar-refractivity contribution in [3.8, 4) is 101 Å². The van der Waals surface area contributed by atoms with E-state index in [2.05, 4.69) is 328 Å². The highest BCUT2D eigenvalue weighted by molar-refractivity contribution is 6.13. The summed E-state index contributed by atoms with van der Waals surface area (Å²) in [7, 11) is 0. The van der Waals surface area contributed by atoms with Gasteiger partial charge in [-0.05, 0) is 181 Å². The molecule has 2 unspecified atom stereocenters. The van der Waals surface area contributed by atoms with Crippen molar-refractivity contribution in [2.45, 2.75) is 10.8 Å². The fraction of sp³-hybridized carbons (Fsp3) is 0.0222. The highest BCUT2D eigenvalue weighted by Gasteiger charge is 2.50. The summed E-state index contributed by atoms with van der Waals surface area (Å²) < 4.78 is 13.7. The van der Waals surface area contributed by atoms with Crippen molar-refractivity contribution in [1.29, 1.82) is 0 Å². The molecule has 2 aliphatic carbocycles. The molecule has 0 saturated carbocycles. The first-order valence-corrected chi connectivity index (χ1v) is 32.0. The fourth-order valence-electron chi connectivity index (χ4n) is 17.1. The molecule has 2 aliphatic heterocycles. The largest absolute Gasteiger partial charge is 0.456 e. The van der Waals surface area contributed by atoms with Crippen LogP contribution in [0.25, 0.3) is 121 Å². The Bertz CT molecular complexity index is 5840. The van der Waals surface area contributed by atoms with Gasteiger partial charge < -0.3 is 9.47 Å². The Kier molecular flexibility index (Phi) is 10.7. The van der Waals surface area contributed by atoms with Crippen molar-refractivity contribution in [3.63, 3.8) is 0 Å². The number of rotatable bonds is 7. The Morgan fingerprint density at radius 2 is 0.674 bits per heavy atom. The van der Waals surface area contributed by atoms with Gasteiger partial charge in [-0.25, -0.2) is 0 Å². The smallest absolute Gasteiger partial charge is 0.135 e. The second-order valence-electron chi connectivity index (χ2n) is 25.2. The molecule has 0 spiro atoms. The van der Waals surface area contributed by atoms with E-state index in [0.717, 1.165) is 89.1 Å². The lowest BCUT2D eigenvalue weighted by molar-refractivity contribution is 0.487. The van der Waals surface area contributed by atoms with E-state index in [1.54, 1.807) is 0 Å². The van der Waals surface area contributed by atoms with Gasteiger partial charge in [-0.2, -0.15) is 0 Å². The topological polar surface area (TPSA) is 18.5 Å². The Labute approximate surface area is 533 Å². The van der Waals surface area contributed by atoms with Crippen LogP contribution >= 0.6 is 0 Å². The van der Waals surface area contributed by atoms with E-state index in [1.807, 2.05) is 0 Å². The van der Waals surface area contributed by atoms with Crippen LogP contribution in [0.3, 0.4) is 0 Å². The molecule has 0 radical (unpaired) electrons. The summed E-state index contributed by atoms with van der Waals surface area (Å²) in [5.41, 5.74) is 24.7. The summed E-state index contributed by atoms with van der Waals surface area (Å²) in [5, 5.41) is 9.43. The van der Waals surface area contributed by atoms with E-state index >= 15 is 0 Å². The average Bonchev–Trinajstić information content (AvgIpc) is 1.50. The lowest BCUT2D eigenvalue weighted by Gasteiger charge is -2.37. The van der Waals surface area contributed by atoms with Gasteiger partial charge in [0.2, 0.25) is 0 Å². The average molecular weight is 1170 g/mol. The first-order chi connectivity index (χ1) is 45.6. The highest BCUT2D eigenvalue weighted by Crippen LogP contribution is 2.63. The molecule has 16 aromatic rings. The van der Waals surface area contributed by atoms with Gasteiger partial charge in [0, 0.05) is 33.0 Å². The second kappa shape index (κ2) is 19.3. The second-order valence-corrected chi connectivity index (χ2v) is 25.2. The number of hydrogen-bond acceptors (Lipinski definition) is 2. The predicted molar refractivity (Wildman–Crippen MR) is 378 cm³/mol. The van der Waals surface area contributed by atoms with Crippen LogP contribution in [0.2, 0.25) is 0 Å². The lowest BCUT2D eigenvalue weighted by atomic mass is 9.64. The molecule has 2 heteroatoms. The number of para-hydroxylation sites is 2. The first kappa shape index (κ1) is 51.1. The van der Waals surface area contributed by atoms with Gasteiger partial charge >= 0.3 is 0 Å². The molecule has 2 heterocycles. The van der Waals surface area contributed by atoms with Gasteiger partial charge in [-0.3, -0.25) is 0 Å². The molecule has 0 amide bonds. The molecule has 0 bridgehead atoms. The summed E-state index contributed by atoms with van der Waals surface area (Å²) >= 11 is 0. The van der Waals surface area contributed by atoms with Crippen molar-refractivity contribution < 1.29 is 9.47 Å². The zero-order chi connectivity index (χ0) is 60.2. The van der Waals surface area contributed by atoms with Crippen LogP contribution in [-0.4, -0.2) is 0 Å². The third-order valence-electron chi connectivity index (χ3n) is 20.8. The van der Waals surface area contributed by atoms with Crippen LogP contribution in [-0.2, 0) is 10.8 Å². The SMILES string of the molecule is c1ccc(C2(c3cc(-c4ccc(C5(c6ccccc6)c6ccccc6-c6ccc7ccccc7c65)c(-c5ccc6cccc7c6c5-c5ccccc5O7)c4)cc(-c4ccc5cccc6c5c4-c4ccccc4O6)c3)c3ccccc3-c3c2ccc2ccccc32)cc1. The molecule has 16 aromatic carbocycles. The van der Waals surface area contributed by atoms with Gasteiger partial charge in [0.05, 0.1) is 10.8 Å². The summed E-state index contributed by atoms with van der Waals surface area (Å²) in [4.78, 5) is 0. The zero-order valence-electron chi connectivity index (χ0n) is 50.0. The van der Waals surface area contributed by atoms with E-state index < -0.39 is 10.8 Å². The van der Waals surface area contributed by atoms with Crippen LogP contribution in [0.15, 0.2) is 328 Å². The Balaban J connectivity index is 0.952. The number of benzene rings is 16. The predicted octanol–water partition coefficient (Wildman–Crippen LogP) is 23.6. The monoisotopic (exact) mass is 1170 g/mol. The molecule has 2 atom stereocenters. The molecule has 2 nitrogen and oxygen atoms in total. The molecular formula is C90H54O2. The summed E-state index contributed by atoms with van der Waals surface area (Å²) in [6, 6.07) is 123. The normalized spacial score (nSPS) is 15.9. The maximum Gasteiger partial charge on any atom is 0.135 e. The summed E-state index contributed by atoms with van der Waals surface area (Å²) in [6.07, 6.45) is 0. The number of fused-ring (bicyclic) bond motifs is 14. The maximum absolute atomic E-state index is 6.90. The van der Waals surface area contributed by atoms with Crippen LogP contribution in [0.4, 0.5) is 0 Å². The standard InChI is InChI=1S/C90H54O2/c1-3-25-62(26-4-1)89(76-36-16-12-32-71(76)85-65-29-9-7-21-55(65)44-50-78(85)89)64-52-60(51-61(53-64)66-46-42-57-23-19-39-81-83(57)86(66)72-33-13-17-37-79(72)91-81)59-45-49-77(74(54-59)69-47-43-58-24-20-40-82-84(58)87(69)73-34-14-18-38-80(73)92-82)90(63-27-5-2-6-28-63)75-35-15-11-31-68(75)70-48-41-56-22-8-10-30-67(56)88(70)90/h1-54H. The molecule has 20 rings (SSSR count). The van der Waals surface area contributed by atoms with Crippen molar-refractivity contribution in [3.05, 3.63) is 372 Å². The van der Waals surface area contributed by atoms with Crippen LogP contribution < -0.4 is 9.47 Å². The Morgan fingerprint density at radius 1 is 0.207 bits per heavy atom. The van der Waals surface area contributed by atoms with E-state index in [4.69, 9.17) is 9.47 Å². The van der Waals surface area contributed by atoms with Crippen LogP contribution in [0.5, 0.6) is 23.0 Å². The van der Waals surface area contributed by atoms with Crippen molar-refractivity contribution in [2.75, 3.05) is 0 Å². The van der Waals surface area contributed by atoms with Crippen molar-refractivity contribution in [2.24, 2.45) is 0 Å². The van der Waals surface area contributed by atoms with Gasteiger partial charge in [0.25, 0.3) is 0 Å². The molecule has 0 saturated heterocycles. The molecule has 4 aliphatic rings. The summed E-state index contributed by atoms with van der Waals surface area (Å²) in [6.45, 7) is 0. The number of hydrogen-bond donors (Lipinski definition) is 0. The van der Waals surface area contributed by atoms with Crippen molar-refractivity contribution >= 4 is 43.1 Å². The van der Waals surface area contributed by atoms with Gasteiger partial charge in [-0.1, -0.05) is 279 Å². The van der Waals surface area contributed by atoms with Crippen LogP contribution in [0, 0.1) is 0 Å². The third kappa shape index (κ3) is 6.93.